The molecule has 1 atom stereocenters. The minimum absolute atomic E-state index is 0.292. The summed E-state index contributed by atoms with van der Waals surface area (Å²) >= 11 is 8.20. The van der Waals surface area contributed by atoms with Gasteiger partial charge in [0.05, 0.1) is 6.10 Å². The van der Waals surface area contributed by atoms with Crippen molar-refractivity contribution in [1.29, 1.82) is 0 Å². The minimum atomic E-state index is -0.422. The van der Waals surface area contributed by atoms with Gasteiger partial charge in [0.2, 0.25) is 0 Å². The standard InChI is InChI=1S/C12H14ClIO2/c13-9-1-2-11(14)10(7-9)12(15)8-3-5-16-6-4-8/h1-2,7-8,12,15H,3-6H2. The Morgan fingerprint density at radius 1 is 1.38 bits per heavy atom. The van der Waals surface area contributed by atoms with Gasteiger partial charge in [0.1, 0.15) is 0 Å². The first-order valence-corrected chi connectivity index (χ1v) is 6.85. The Kier molecular flexibility index (Phi) is 4.47. The Morgan fingerprint density at radius 3 is 2.75 bits per heavy atom. The summed E-state index contributed by atoms with van der Waals surface area (Å²) in [4.78, 5) is 0. The number of hydrogen-bond acceptors (Lipinski definition) is 2. The molecule has 88 valence electrons. The largest absolute Gasteiger partial charge is 0.388 e. The van der Waals surface area contributed by atoms with E-state index in [2.05, 4.69) is 22.6 Å². The van der Waals surface area contributed by atoms with Crippen LogP contribution in [0.1, 0.15) is 24.5 Å². The Labute approximate surface area is 114 Å². The molecule has 0 radical (unpaired) electrons. The molecule has 4 heteroatoms. The van der Waals surface area contributed by atoms with Gasteiger partial charge in [-0.3, -0.25) is 0 Å². The fourth-order valence-corrected chi connectivity index (χ4v) is 2.86. The lowest BCUT2D eigenvalue weighted by Gasteiger charge is -2.27. The van der Waals surface area contributed by atoms with E-state index in [0.717, 1.165) is 35.2 Å². The molecule has 0 saturated carbocycles. The lowest BCUT2D eigenvalue weighted by Crippen LogP contribution is -2.22. The molecule has 1 N–H and O–H groups in total. The number of benzene rings is 1. The molecule has 0 aliphatic carbocycles. The maximum absolute atomic E-state index is 10.3. The van der Waals surface area contributed by atoms with Crippen molar-refractivity contribution in [3.63, 3.8) is 0 Å². The topological polar surface area (TPSA) is 29.5 Å². The summed E-state index contributed by atoms with van der Waals surface area (Å²) in [5, 5.41) is 11.0. The van der Waals surface area contributed by atoms with Crippen LogP contribution < -0.4 is 0 Å². The number of hydrogen-bond donors (Lipinski definition) is 1. The molecule has 16 heavy (non-hydrogen) atoms. The third-order valence-corrected chi connectivity index (χ3v) is 4.21. The van der Waals surface area contributed by atoms with E-state index in [-0.39, 0.29) is 0 Å². The van der Waals surface area contributed by atoms with Crippen LogP contribution in [0, 0.1) is 9.49 Å². The molecule has 0 aromatic heterocycles. The first kappa shape index (κ1) is 12.6. The van der Waals surface area contributed by atoms with E-state index < -0.39 is 6.10 Å². The van der Waals surface area contributed by atoms with Gasteiger partial charge in [0.25, 0.3) is 0 Å². The van der Waals surface area contributed by atoms with Gasteiger partial charge >= 0.3 is 0 Å². The van der Waals surface area contributed by atoms with Crippen LogP contribution >= 0.6 is 34.2 Å². The third kappa shape index (κ3) is 2.88. The average molecular weight is 353 g/mol. The number of ether oxygens (including phenoxy) is 1. The summed E-state index contributed by atoms with van der Waals surface area (Å²) in [5.41, 5.74) is 0.944. The molecule has 0 amide bonds. The summed E-state index contributed by atoms with van der Waals surface area (Å²) in [6.45, 7) is 1.50. The molecule has 1 fully saturated rings. The van der Waals surface area contributed by atoms with Crippen LogP contribution in [0.15, 0.2) is 18.2 Å². The van der Waals surface area contributed by atoms with Crippen LogP contribution in [-0.4, -0.2) is 18.3 Å². The lowest BCUT2D eigenvalue weighted by atomic mass is 9.89. The number of aliphatic hydroxyl groups is 1. The van der Waals surface area contributed by atoms with E-state index in [1.54, 1.807) is 0 Å². The highest BCUT2D eigenvalue weighted by Gasteiger charge is 2.24. The molecular weight excluding hydrogens is 338 g/mol. The highest BCUT2D eigenvalue weighted by atomic mass is 127. The van der Waals surface area contributed by atoms with Crippen LogP contribution in [0.4, 0.5) is 0 Å². The van der Waals surface area contributed by atoms with Gasteiger partial charge in [-0.2, -0.15) is 0 Å². The van der Waals surface area contributed by atoms with Crippen LogP contribution in [0.25, 0.3) is 0 Å². The molecule has 2 nitrogen and oxygen atoms in total. The van der Waals surface area contributed by atoms with Crippen molar-refractivity contribution in [3.8, 4) is 0 Å². The SMILES string of the molecule is OC(c1cc(Cl)ccc1I)C1CCOCC1. The fourth-order valence-electron chi connectivity index (χ4n) is 2.03. The second-order valence-electron chi connectivity index (χ2n) is 4.06. The fraction of sp³-hybridized carbons (Fsp3) is 0.500. The van der Waals surface area contributed by atoms with Gasteiger partial charge in [-0.05, 0) is 65.1 Å². The van der Waals surface area contributed by atoms with Crippen LogP contribution in [-0.2, 0) is 4.74 Å². The molecule has 1 aromatic rings. The van der Waals surface area contributed by atoms with E-state index in [1.165, 1.54) is 0 Å². The van der Waals surface area contributed by atoms with Crippen molar-refractivity contribution >= 4 is 34.2 Å². The first-order valence-electron chi connectivity index (χ1n) is 5.39. The van der Waals surface area contributed by atoms with Crippen LogP contribution in [0.5, 0.6) is 0 Å². The van der Waals surface area contributed by atoms with Crippen LogP contribution in [0.2, 0.25) is 5.02 Å². The van der Waals surface area contributed by atoms with Crippen molar-refractivity contribution in [2.45, 2.75) is 18.9 Å². The Bertz CT molecular complexity index is 364. The average Bonchev–Trinajstić information content (AvgIpc) is 2.32. The van der Waals surface area contributed by atoms with Gasteiger partial charge in [-0.25, -0.2) is 0 Å². The molecule has 1 aliphatic heterocycles. The maximum atomic E-state index is 10.3. The monoisotopic (exact) mass is 352 g/mol. The van der Waals surface area contributed by atoms with Gasteiger partial charge in [-0.1, -0.05) is 11.6 Å². The predicted molar refractivity (Wildman–Crippen MR) is 72.7 cm³/mol. The molecular formula is C12H14ClIO2. The maximum Gasteiger partial charge on any atom is 0.0830 e. The van der Waals surface area contributed by atoms with E-state index in [1.807, 2.05) is 18.2 Å². The summed E-state index contributed by atoms with van der Waals surface area (Å²) in [6.07, 6.45) is 1.42. The molecule has 0 bridgehead atoms. The van der Waals surface area contributed by atoms with E-state index in [4.69, 9.17) is 16.3 Å². The number of rotatable bonds is 2. The van der Waals surface area contributed by atoms with Crippen molar-refractivity contribution in [2.75, 3.05) is 13.2 Å². The Balaban J connectivity index is 2.18. The molecule has 1 saturated heterocycles. The highest BCUT2D eigenvalue weighted by Crippen LogP contribution is 2.33. The summed E-state index contributed by atoms with van der Waals surface area (Å²) in [6, 6.07) is 5.66. The molecule has 0 spiro atoms. The van der Waals surface area contributed by atoms with Gasteiger partial charge in [0.15, 0.2) is 0 Å². The lowest BCUT2D eigenvalue weighted by molar-refractivity contribution is 0.00689. The summed E-state index contributed by atoms with van der Waals surface area (Å²) in [7, 11) is 0. The molecule has 1 heterocycles. The van der Waals surface area contributed by atoms with Crippen molar-refractivity contribution in [2.24, 2.45) is 5.92 Å². The van der Waals surface area contributed by atoms with Gasteiger partial charge < -0.3 is 9.84 Å². The summed E-state index contributed by atoms with van der Waals surface area (Å²) < 4.78 is 6.37. The third-order valence-electron chi connectivity index (χ3n) is 2.99. The molecule has 1 unspecified atom stereocenters. The van der Waals surface area contributed by atoms with Crippen molar-refractivity contribution in [3.05, 3.63) is 32.4 Å². The van der Waals surface area contributed by atoms with Crippen molar-refractivity contribution in [1.82, 2.24) is 0 Å². The van der Waals surface area contributed by atoms with Gasteiger partial charge in [-0.15, -0.1) is 0 Å². The zero-order chi connectivity index (χ0) is 11.5. The molecule has 2 rings (SSSR count). The predicted octanol–water partition coefficient (Wildman–Crippen LogP) is 3.40. The van der Waals surface area contributed by atoms with E-state index in [0.29, 0.717) is 10.9 Å². The zero-order valence-corrected chi connectivity index (χ0v) is 11.7. The van der Waals surface area contributed by atoms with Crippen LogP contribution in [0.3, 0.4) is 0 Å². The quantitative estimate of drug-likeness (QED) is 0.827. The zero-order valence-electron chi connectivity index (χ0n) is 8.83. The number of halogens is 2. The Morgan fingerprint density at radius 2 is 2.06 bits per heavy atom. The normalized spacial score (nSPS) is 19.7. The Hall–Kier alpha value is 0.160. The minimum Gasteiger partial charge on any atom is -0.388 e. The summed E-state index contributed by atoms with van der Waals surface area (Å²) in [5.74, 6) is 0.292. The highest BCUT2D eigenvalue weighted by molar-refractivity contribution is 14.1. The van der Waals surface area contributed by atoms with E-state index >= 15 is 0 Å². The smallest absolute Gasteiger partial charge is 0.0830 e. The van der Waals surface area contributed by atoms with E-state index in [9.17, 15) is 5.11 Å². The number of aliphatic hydroxyl groups excluding tert-OH is 1. The molecule has 1 aliphatic rings. The second kappa shape index (κ2) is 5.67. The van der Waals surface area contributed by atoms with Crippen molar-refractivity contribution < 1.29 is 9.84 Å². The molecule has 1 aromatic carbocycles. The second-order valence-corrected chi connectivity index (χ2v) is 5.66. The first-order chi connectivity index (χ1) is 7.68. The van der Waals surface area contributed by atoms with Gasteiger partial charge in [0, 0.05) is 21.8 Å².